The number of nitrogens with zero attached hydrogens (tertiary/aromatic N) is 1. The van der Waals surface area contributed by atoms with Crippen LogP contribution in [0.1, 0.15) is 35.9 Å². The molecule has 0 aliphatic carbocycles. The molecule has 0 bridgehead atoms. The molecule has 0 spiro atoms. The lowest BCUT2D eigenvalue weighted by molar-refractivity contribution is 0.101. The minimum Gasteiger partial charge on any atom is -0.340 e. The van der Waals surface area contributed by atoms with E-state index in [1.807, 2.05) is 24.6 Å². The Labute approximate surface area is 125 Å². The Kier molecular flexibility index (Phi) is 4.28. The summed E-state index contributed by atoms with van der Waals surface area (Å²) in [4.78, 5) is 12.3. The number of amides is 1. The first kappa shape index (κ1) is 14.8. The number of aromatic nitrogens is 1. The smallest absolute Gasteiger partial charge is 0.272 e. The van der Waals surface area contributed by atoms with Crippen LogP contribution in [0.3, 0.4) is 0 Å². The van der Waals surface area contributed by atoms with Crippen molar-refractivity contribution in [3.05, 3.63) is 52.0 Å². The predicted molar refractivity (Wildman–Crippen MR) is 81.6 cm³/mol. The summed E-state index contributed by atoms with van der Waals surface area (Å²) in [7, 11) is 0. The maximum absolute atomic E-state index is 13.2. The quantitative estimate of drug-likeness (QED) is 0.876. The van der Waals surface area contributed by atoms with E-state index in [1.165, 1.54) is 6.07 Å². The van der Waals surface area contributed by atoms with Gasteiger partial charge in [0.05, 0.1) is 0 Å². The van der Waals surface area contributed by atoms with Gasteiger partial charge < -0.3 is 9.88 Å². The zero-order chi connectivity index (χ0) is 14.9. The molecule has 5 heteroatoms. The molecular weight excluding hydrogens is 323 g/mol. The van der Waals surface area contributed by atoms with Crippen molar-refractivity contribution in [3.63, 3.8) is 0 Å². The van der Waals surface area contributed by atoms with Crippen molar-refractivity contribution in [1.29, 1.82) is 0 Å². The first-order valence-electron chi connectivity index (χ1n) is 6.33. The number of carbonyl (C=O) groups is 1. The number of carbonyl (C=O) groups excluding carboxylic acids is 1. The molecule has 0 radical (unpaired) electrons. The second-order valence-electron chi connectivity index (χ2n) is 4.96. The van der Waals surface area contributed by atoms with E-state index in [2.05, 4.69) is 21.2 Å². The summed E-state index contributed by atoms with van der Waals surface area (Å²) in [6.45, 7) is 5.68. The van der Waals surface area contributed by atoms with Crippen molar-refractivity contribution in [2.45, 2.75) is 26.8 Å². The zero-order valence-electron chi connectivity index (χ0n) is 11.6. The Bertz CT molecular complexity index is 649. The van der Waals surface area contributed by atoms with Crippen molar-refractivity contribution in [2.24, 2.45) is 0 Å². The summed E-state index contributed by atoms with van der Waals surface area (Å²) in [6.07, 6.45) is 1.87. The van der Waals surface area contributed by atoms with Crippen molar-refractivity contribution in [1.82, 2.24) is 4.57 Å². The van der Waals surface area contributed by atoms with Crippen LogP contribution < -0.4 is 5.32 Å². The number of nitrogens with one attached hydrogen (secondary N) is 1. The second-order valence-corrected chi connectivity index (χ2v) is 5.88. The average Bonchev–Trinajstić information content (AvgIpc) is 2.76. The van der Waals surface area contributed by atoms with Crippen LogP contribution >= 0.6 is 15.9 Å². The summed E-state index contributed by atoms with van der Waals surface area (Å²) in [6, 6.07) is 6.47. The molecule has 20 heavy (non-hydrogen) atoms. The molecule has 0 fully saturated rings. The monoisotopic (exact) mass is 338 g/mol. The summed E-state index contributed by atoms with van der Waals surface area (Å²) in [5.74, 6) is -0.494. The van der Waals surface area contributed by atoms with Gasteiger partial charge in [0, 0.05) is 22.4 Å². The fourth-order valence-electron chi connectivity index (χ4n) is 1.97. The molecule has 0 unspecified atom stereocenters. The minimum atomic E-state index is -0.281. The van der Waals surface area contributed by atoms with Gasteiger partial charge in [0.15, 0.2) is 0 Å². The van der Waals surface area contributed by atoms with Crippen LogP contribution in [-0.2, 0) is 0 Å². The fraction of sp³-hybridized carbons (Fsp3) is 0.267. The fourth-order valence-corrected chi connectivity index (χ4v) is 2.41. The standard InChI is InChI=1S/C15H16BrFN2O/c1-9(2)19-8-11(16)7-14(19)15(20)18-12-4-5-13(17)10(3)6-12/h4-9H,1-3H3,(H,18,20). The number of benzene rings is 1. The molecule has 1 aromatic heterocycles. The summed E-state index contributed by atoms with van der Waals surface area (Å²) in [5, 5.41) is 2.79. The van der Waals surface area contributed by atoms with Crippen molar-refractivity contribution in [2.75, 3.05) is 5.32 Å². The summed E-state index contributed by atoms with van der Waals surface area (Å²) >= 11 is 3.38. The molecule has 2 aromatic rings. The van der Waals surface area contributed by atoms with Gasteiger partial charge in [0.2, 0.25) is 0 Å². The SMILES string of the molecule is Cc1cc(NC(=O)c2cc(Br)cn2C(C)C)ccc1F. The number of rotatable bonds is 3. The Balaban J connectivity index is 2.26. The molecule has 106 valence electrons. The van der Waals surface area contributed by atoms with Crippen LogP contribution in [0.5, 0.6) is 0 Å². The number of anilines is 1. The van der Waals surface area contributed by atoms with Crippen LogP contribution in [0, 0.1) is 12.7 Å². The van der Waals surface area contributed by atoms with Crippen LogP contribution in [0.15, 0.2) is 34.9 Å². The number of hydrogen-bond donors (Lipinski definition) is 1. The molecule has 0 atom stereocenters. The topological polar surface area (TPSA) is 34.0 Å². The first-order chi connectivity index (χ1) is 9.38. The molecule has 0 saturated heterocycles. The van der Waals surface area contributed by atoms with Gasteiger partial charge in [0.1, 0.15) is 11.5 Å². The van der Waals surface area contributed by atoms with Gasteiger partial charge in [-0.05, 0) is 66.5 Å². The highest BCUT2D eigenvalue weighted by Gasteiger charge is 2.15. The van der Waals surface area contributed by atoms with E-state index in [4.69, 9.17) is 0 Å². The van der Waals surface area contributed by atoms with E-state index in [1.54, 1.807) is 25.1 Å². The highest BCUT2D eigenvalue weighted by Crippen LogP contribution is 2.21. The van der Waals surface area contributed by atoms with Crippen LogP contribution in [0.25, 0.3) is 0 Å². The molecule has 0 aliphatic heterocycles. The molecule has 1 aromatic carbocycles. The molecule has 2 rings (SSSR count). The number of hydrogen-bond acceptors (Lipinski definition) is 1. The third-order valence-corrected chi connectivity index (χ3v) is 3.45. The predicted octanol–water partition coefficient (Wildman–Crippen LogP) is 4.53. The van der Waals surface area contributed by atoms with E-state index >= 15 is 0 Å². The lowest BCUT2D eigenvalue weighted by atomic mass is 10.2. The molecule has 1 heterocycles. The summed E-state index contributed by atoms with van der Waals surface area (Å²) < 4.78 is 15.9. The van der Waals surface area contributed by atoms with Gasteiger partial charge in [-0.3, -0.25) is 4.79 Å². The molecule has 1 N–H and O–H groups in total. The van der Waals surface area contributed by atoms with Gasteiger partial charge in [-0.15, -0.1) is 0 Å². The third-order valence-electron chi connectivity index (χ3n) is 3.02. The molecular formula is C15H16BrFN2O. The van der Waals surface area contributed by atoms with Gasteiger partial charge in [0.25, 0.3) is 5.91 Å². The average molecular weight is 339 g/mol. The Morgan fingerprint density at radius 1 is 1.35 bits per heavy atom. The van der Waals surface area contributed by atoms with Crippen LogP contribution in [0.4, 0.5) is 10.1 Å². The third kappa shape index (κ3) is 3.10. The maximum Gasteiger partial charge on any atom is 0.272 e. The largest absolute Gasteiger partial charge is 0.340 e. The Hall–Kier alpha value is -1.62. The number of halogens is 2. The van der Waals surface area contributed by atoms with Crippen molar-refractivity contribution < 1.29 is 9.18 Å². The zero-order valence-corrected chi connectivity index (χ0v) is 13.2. The second kappa shape index (κ2) is 5.79. The molecule has 0 aliphatic rings. The highest BCUT2D eigenvalue weighted by molar-refractivity contribution is 9.10. The normalized spacial score (nSPS) is 10.9. The van der Waals surface area contributed by atoms with E-state index in [0.29, 0.717) is 16.9 Å². The van der Waals surface area contributed by atoms with Gasteiger partial charge in [-0.1, -0.05) is 0 Å². The van der Waals surface area contributed by atoms with Gasteiger partial charge in [-0.2, -0.15) is 0 Å². The Morgan fingerprint density at radius 3 is 2.65 bits per heavy atom. The Morgan fingerprint density at radius 2 is 2.05 bits per heavy atom. The highest BCUT2D eigenvalue weighted by atomic mass is 79.9. The van der Waals surface area contributed by atoms with E-state index < -0.39 is 0 Å². The lowest BCUT2D eigenvalue weighted by Gasteiger charge is -2.13. The van der Waals surface area contributed by atoms with Crippen molar-refractivity contribution in [3.8, 4) is 0 Å². The molecule has 1 amide bonds. The van der Waals surface area contributed by atoms with Gasteiger partial charge in [-0.25, -0.2) is 4.39 Å². The number of aryl methyl sites for hydroxylation is 1. The summed E-state index contributed by atoms with van der Waals surface area (Å²) in [5.41, 5.74) is 1.65. The van der Waals surface area contributed by atoms with Gasteiger partial charge >= 0.3 is 0 Å². The van der Waals surface area contributed by atoms with E-state index in [-0.39, 0.29) is 17.8 Å². The first-order valence-corrected chi connectivity index (χ1v) is 7.12. The molecule has 3 nitrogen and oxygen atoms in total. The van der Waals surface area contributed by atoms with Crippen LogP contribution in [0.2, 0.25) is 0 Å². The van der Waals surface area contributed by atoms with Crippen LogP contribution in [-0.4, -0.2) is 10.5 Å². The van der Waals surface area contributed by atoms with E-state index in [9.17, 15) is 9.18 Å². The maximum atomic E-state index is 13.2. The molecule has 0 saturated carbocycles. The van der Waals surface area contributed by atoms with Crippen molar-refractivity contribution >= 4 is 27.5 Å². The van der Waals surface area contributed by atoms with E-state index in [0.717, 1.165) is 4.47 Å². The minimum absolute atomic E-state index is 0.178. The lowest BCUT2D eigenvalue weighted by Crippen LogP contribution is -2.17.